The summed E-state index contributed by atoms with van der Waals surface area (Å²) < 4.78 is 6.75. The molecule has 7 heteroatoms. The maximum absolute atomic E-state index is 12.2. The Morgan fingerprint density at radius 3 is 2.69 bits per heavy atom. The number of nitriles is 1. The van der Waals surface area contributed by atoms with Gasteiger partial charge in [0.1, 0.15) is 5.75 Å². The second-order valence-corrected chi connectivity index (χ2v) is 6.19. The van der Waals surface area contributed by atoms with Crippen molar-refractivity contribution < 1.29 is 9.53 Å². The Balaban J connectivity index is 1.66. The molecule has 1 aromatic heterocycles. The highest BCUT2D eigenvalue weighted by atomic mass is 16.5. The topological polar surface area (TPSA) is 97.0 Å². The van der Waals surface area contributed by atoms with Crippen molar-refractivity contribution >= 4 is 5.91 Å². The van der Waals surface area contributed by atoms with Gasteiger partial charge in [0.15, 0.2) is 0 Å². The van der Waals surface area contributed by atoms with Crippen molar-refractivity contribution in [2.75, 3.05) is 13.2 Å². The van der Waals surface area contributed by atoms with E-state index in [9.17, 15) is 9.59 Å². The zero-order chi connectivity index (χ0) is 20.6. The summed E-state index contributed by atoms with van der Waals surface area (Å²) in [6, 6.07) is 19.0. The second-order valence-electron chi connectivity index (χ2n) is 6.19. The van der Waals surface area contributed by atoms with Crippen molar-refractivity contribution in [1.29, 1.82) is 5.26 Å². The molecule has 7 nitrogen and oxygen atoms in total. The Labute approximate surface area is 168 Å². The predicted molar refractivity (Wildman–Crippen MR) is 109 cm³/mol. The minimum atomic E-state index is -0.308. The fourth-order valence-corrected chi connectivity index (χ4v) is 2.76. The Kier molecular flexibility index (Phi) is 6.38. The van der Waals surface area contributed by atoms with Gasteiger partial charge in [-0.05, 0) is 55.5 Å². The molecule has 0 aliphatic rings. The van der Waals surface area contributed by atoms with Gasteiger partial charge in [-0.1, -0.05) is 6.07 Å². The normalized spacial score (nSPS) is 10.2. The molecule has 29 heavy (non-hydrogen) atoms. The van der Waals surface area contributed by atoms with Gasteiger partial charge >= 0.3 is 0 Å². The van der Waals surface area contributed by atoms with Gasteiger partial charge < -0.3 is 10.1 Å². The lowest BCUT2D eigenvalue weighted by Crippen LogP contribution is -2.32. The number of ether oxygens (including phenoxy) is 1. The molecule has 3 rings (SSSR count). The highest BCUT2D eigenvalue weighted by Crippen LogP contribution is 2.19. The summed E-state index contributed by atoms with van der Waals surface area (Å²) in [6.45, 7) is 2.97. The Bertz CT molecular complexity index is 1100. The molecule has 0 fully saturated rings. The number of hydrogen-bond donors (Lipinski definition) is 1. The molecule has 146 valence electrons. The SMILES string of the molecule is CCOc1ccc(-c2ccc(=O)n(CCNC(=O)c3cccc(C#N)c3)n2)cc1. The number of nitrogens with one attached hydrogen (secondary N) is 1. The first-order valence-electron chi connectivity index (χ1n) is 9.20. The molecular formula is C22H20N4O3. The molecule has 0 atom stereocenters. The highest BCUT2D eigenvalue weighted by molar-refractivity contribution is 5.94. The molecule has 1 heterocycles. The molecule has 0 saturated heterocycles. The van der Waals surface area contributed by atoms with Crippen LogP contribution in [0, 0.1) is 11.3 Å². The lowest BCUT2D eigenvalue weighted by atomic mass is 10.1. The first-order valence-corrected chi connectivity index (χ1v) is 9.20. The number of nitrogens with zero attached hydrogens (tertiary/aromatic N) is 3. The van der Waals surface area contributed by atoms with Gasteiger partial charge in [0.05, 0.1) is 30.5 Å². The lowest BCUT2D eigenvalue weighted by Gasteiger charge is -2.09. The molecule has 0 unspecified atom stereocenters. The van der Waals surface area contributed by atoms with Crippen molar-refractivity contribution in [2.24, 2.45) is 0 Å². The molecule has 0 bridgehead atoms. The van der Waals surface area contributed by atoms with E-state index in [4.69, 9.17) is 10.00 Å². The largest absolute Gasteiger partial charge is 0.494 e. The van der Waals surface area contributed by atoms with E-state index in [1.807, 2.05) is 37.3 Å². The van der Waals surface area contributed by atoms with Crippen LogP contribution in [0.5, 0.6) is 5.75 Å². The van der Waals surface area contributed by atoms with Crippen molar-refractivity contribution in [3.8, 4) is 23.1 Å². The molecule has 2 aromatic carbocycles. The van der Waals surface area contributed by atoms with Crippen LogP contribution in [0.1, 0.15) is 22.8 Å². The molecule has 1 N–H and O–H groups in total. The van der Waals surface area contributed by atoms with E-state index >= 15 is 0 Å². The molecule has 0 aliphatic carbocycles. The first kappa shape index (κ1) is 19.8. The van der Waals surface area contributed by atoms with Crippen molar-refractivity contribution in [2.45, 2.75) is 13.5 Å². The first-order chi connectivity index (χ1) is 14.1. The average molecular weight is 388 g/mol. The van der Waals surface area contributed by atoms with E-state index in [0.29, 0.717) is 23.4 Å². The molecular weight excluding hydrogens is 368 g/mol. The summed E-state index contributed by atoms with van der Waals surface area (Å²) in [5, 5.41) is 16.1. The minimum Gasteiger partial charge on any atom is -0.494 e. The third-order valence-corrected chi connectivity index (χ3v) is 4.19. The summed E-state index contributed by atoms with van der Waals surface area (Å²) in [5.41, 5.74) is 2.08. The number of benzene rings is 2. The third-order valence-electron chi connectivity index (χ3n) is 4.19. The number of rotatable bonds is 7. The summed E-state index contributed by atoms with van der Waals surface area (Å²) in [4.78, 5) is 24.3. The molecule has 0 spiro atoms. The number of hydrogen-bond acceptors (Lipinski definition) is 5. The molecule has 3 aromatic rings. The maximum Gasteiger partial charge on any atom is 0.266 e. The van der Waals surface area contributed by atoms with Crippen LogP contribution in [0.3, 0.4) is 0 Å². The van der Waals surface area contributed by atoms with Crippen molar-refractivity contribution in [1.82, 2.24) is 15.1 Å². The van der Waals surface area contributed by atoms with Crippen LogP contribution in [-0.2, 0) is 6.54 Å². The highest BCUT2D eigenvalue weighted by Gasteiger charge is 2.07. The van der Waals surface area contributed by atoms with E-state index in [1.165, 1.54) is 16.8 Å². The zero-order valence-corrected chi connectivity index (χ0v) is 16.0. The Hall–Kier alpha value is -3.92. The molecule has 0 radical (unpaired) electrons. The van der Waals surface area contributed by atoms with Crippen LogP contribution in [-0.4, -0.2) is 28.8 Å². The predicted octanol–water partition coefficient (Wildman–Crippen LogP) is 2.61. The molecule has 0 aliphatic heterocycles. The summed E-state index contributed by atoms with van der Waals surface area (Å²) >= 11 is 0. The maximum atomic E-state index is 12.2. The monoisotopic (exact) mass is 388 g/mol. The number of amides is 1. The van der Waals surface area contributed by atoms with Crippen molar-refractivity contribution in [3.05, 3.63) is 82.1 Å². The number of carbonyl (C=O) groups is 1. The number of aromatic nitrogens is 2. The summed E-state index contributed by atoms with van der Waals surface area (Å²) in [7, 11) is 0. The minimum absolute atomic E-state index is 0.230. The van der Waals surface area contributed by atoms with Crippen LogP contribution in [0.25, 0.3) is 11.3 Å². The smallest absolute Gasteiger partial charge is 0.266 e. The van der Waals surface area contributed by atoms with Crippen LogP contribution < -0.4 is 15.6 Å². The van der Waals surface area contributed by atoms with Gasteiger partial charge in [0.25, 0.3) is 11.5 Å². The Morgan fingerprint density at radius 2 is 1.97 bits per heavy atom. The summed E-state index contributed by atoms with van der Waals surface area (Å²) in [6.07, 6.45) is 0. The van der Waals surface area contributed by atoms with Gasteiger partial charge in [0, 0.05) is 23.7 Å². The molecule has 1 amide bonds. The Morgan fingerprint density at radius 1 is 1.17 bits per heavy atom. The third kappa shape index (κ3) is 5.08. The summed E-state index contributed by atoms with van der Waals surface area (Å²) in [5.74, 6) is 0.463. The van der Waals surface area contributed by atoms with Gasteiger partial charge in [0.2, 0.25) is 0 Å². The van der Waals surface area contributed by atoms with Crippen LogP contribution in [0.2, 0.25) is 0 Å². The van der Waals surface area contributed by atoms with Crippen molar-refractivity contribution in [3.63, 3.8) is 0 Å². The van der Waals surface area contributed by atoms with E-state index in [1.54, 1.807) is 24.3 Å². The van der Waals surface area contributed by atoms with E-state index in [-0.39, 0.29) is 24.6 Å². The van der Waals surface area contributed by atoms with Gasteiger partial charge in [-0.15, -0.1) is 0 Å². The van der Waals surface area contributed by atoms with Gasteiger partial charge in [-0.2, -0.15) is 10.4 Å². The second kappa shape index (κ2) is 9.33. The fraction of sp³-hybridized carbons (Fsp3) is 0.182. The number of carbonyl (C=O) groups excluding carboxylic acids is 1. The van der Waals surface area contributed by atoms with E-state index < -0.39 is 0 Å². The van der Waals surface area contributed by atoms with E-state index in [0.717, 1.165) is 11.3 Å². The standard InChI is InChI=1S/C22H20N4O3/c1-2-29-19-8-6-17(7-9-19)20-10-11-21(27)26(25-20)13-12-24-22(28)18-5-3-4-16(14-18)15-23/h3-11,14H,2,12-13H2,1H3,(H,24,28). The van der Waals surface area contributed by atoms with Crippen LogP contribution >= 0.6 is 0 Å². The van der Waals surface area contributed by atoms with Crippen LogP contribution in [0.15, 0.2) is 65.5 Å². The zero-order valence-electron chi connectivity index (χ0n) is 16.0. The fourth-order valence-electron chi connectivity index (χ4n) is 2.76. The quantitative estimate of drug-likeness (QED) is 0.671. The lowest BCUT2D eigenvalue weighted by molar-refractivity contribution is 0.0951. The van der Waals surface area contributed by atoms with Gasteiger partial charge in [-0.3, -0.25) is 9.59 Å². The van der Waals surface area contributed by atoms with E-state index in [2.05, 4.69) is 10.4 Å². The molecule has 0 saturated carbocycles. The van der Waals surface area contributed by atoms with Crippen LogP contribution in [0.4, 0.5) is 0 Å². The average Bonchev–Trinajstić information content (AvgIpc) is 2.76. The van der Waals surface area contributed by atoms with Gasteiger partial charge in [-0.25, -0.2) is 4.68 Å².